The van der Waals surface area contributed by atoms with Gasteiger partial charge in [-0.25, -0.2) is 9.97 Å². The number of hydrogen-bond donors (Lipinski definition) is 1. The quantitative estimate of drug-likeness (QED) is 0.854. The second-order valence-corrected chi connectivity index (χ2v) is 6.59. The zero-order valence-electron chi connectivity index (χ0n) is 15.3. The third kappa shape index (κ3) is 4.79. The molecule has 0 amide bonds. The SMILES string of the molecule is Cc1cc(NCCN(C)C)nc(N2CCN(c3ccccn3)CC2)n1. The lowest BCUT2D eigenvalue weighted by molar-refractivity contribution is 0.425. The lowest BCUT2D eigenvalue weighted by Gasteiger charge is -2.35. The highest BCUT2D eigenvalue weighted by atomic mass is 15.3. The van der Waals surface area contributed by atoms with Crippen molar-refractivity contribution in [2.45, 2.75) is 6.92 Å². The van der Waals surface area contributed by atoms with Crippen molar-refractivity contribution in [1.82, 2.24) is 19.9 Å². The van der Waals surface area contributed by atoms with E-state index in [1.165, 1.54) is 0 Å². The van der Waals surface area contributed by atoms with Crippen LogP contribution in [0.4, 0.5) is 17.6 Å². The van der Waals surface area contributed by atoms with Crippen LogP contribution in [0.25, 0.3) is 0 Å². The molecule has 0 aliphatic carbocycles. The summed E-state index contributed by atoms with van der Waals surface area (Å²) < 4.78 is 0. The molecule has 0 saturated carbocycles. The van der Waals surface area contributed by atoms with E-state index < -0.39 is 0 Å². The molecule has 0 bridgehead atoms. The van der Waals surface area contributed by atoms with E-state index in [0.29, 0.717) is 0 Å². The van der Waals surface area contributed by atoms with Gasteiger partial charge in [0.2, 0.25) is 5.95 Å². The number of piperazine rings is 1. The maximum atomic E-state index is 4.70. The van der Waals surface area contributed by atoms with Crippen molar-refractivity contribution in [3.05, 3.63) is 36.2 Å². The summed E-state index contributed by atoms with van der Waals surface area (Å²) in [5.74, 6) is 2.75. The summed E-state index contributed by atoms with van der Waals surface area (Å²) in [5, 5.41) is 3.39. The summed E-state index contributed by atoms with van der Waals surface area (Å²) in [4.78, 5) is 20.5. The Morgan fingerprint density at radius 3 is 2.52 bits per heavy atom. The minimum absolute atomic E-state index is 0.813. The first-order valence-electron chi connectivity index (χ1n) is 8.77. The maximum Gasteiger partial charge on any atom is 0.227 e. The average molecular weight is 341 g/mol. The molecule has 1 fully saturated rings. The van der Waals surface area contributed by atoms with Crippen molar-refractivity contribution in [1.29, 1.82) is 0 Å². The van der Waals surface area contributed by atoms with Crippen LogP contribution in [0.2, 0.25) is 0 Å². The number of aromatic nitrogens is 3. The van der Waals surface area contributed by atoms with Crippen LogP contribution in [-0.4, -0.2) is 73.2 Å². The first-order chi connectivity index (χ1) is 12.1. The molecular weight excluding hydrogens is 314 g/mol. The summed E-state index contributed by atoms with van der Waals surface area (Å²) in [7, 11) is 4.14. The van der Waals surface area contributed by atoms with Crippen LogP contribution in [0.1, 0.15) is 5.69 Å². The zero-order valence-corrected chi connectivity index (χ0v) is 15.3. The molecule has 134 valence electrons. The second-order valence-electron chi connectivity index (χ2n) is 6.59. The number of hydrogen-bond acceptors (Lipinski definition) is 7. The fourth-order valence-corrected chi connectivity index (χ4v) is 2.87. The van der Waals surface area contributed by atoms with Gasteiger partial charge in [-0.3, -0.25) is 0 Å². The zero-order chi connectivity index (χ0) is 17.6. The fourth-order valence-electron chi connectivity index (χ4n) is 2.87. The van der Waals surface area contributed by atoms with Crippen molar-refractivity contribution < 1.29 is 0 Å². The van der Waals surface area contributed by atoms with Crippen LogP contribution in [0.3, 0.4) is 0 Å². The molecule has 7 heteroatoms. The summed E-state index contributed by atoms with van der Waals surface area (Å²) in [5.41, 5.74) is 0.990. The van der Waals surface area contributed by atoms with E-state index in [-0.39, 0.29) is 0 Å². The minimum Gasteiger partial charge on any atom is -0.369 e. The Hall–Kier alpha value is -2.41. The fraction of sp³-hybridized carbons (Fsp3) is 0.500. The summed E-state index contributed by atoms with van der Waals surface area (Å²) in [6, 6.07) is 8.05. The minimum atomic E-state index is 0.813. The van der Waals surface area contributed by atoms with Crippen molar-refractivity contribution in [3.8, 4) is 0 Å². The molecule has 7 nitrogen and oxygen atoms in total. The highest BCUT2D eigenvalue weighted by molar-refractivity contribution is 5.46. The van der Waals surface area contributed by atoms with E-state index in [1.54, 1.807) is 0 Å². The lowest BCUT2D eigenvalue weighted by atomic mass is 10.3. The lowest BCUT2D eigenvalue weighted by Crippen LogP contribution is -2.47. The van der Waals surface area contributed by atoms with E-state index in [0.717, 1.165) is 62.5 Å². The van der Waals surface area contributed by atoms with Gasteiger partial charge in [0.05, 0.1) is 0 Å². The molecule has 2 aromatic rings. The van der Waals surface area contributed by atoms with E-state index in [9.17, 15) is 0 Å². The Morgan fingerprint density at radius 1 is 1.08 bits per heavy atom. The molecule has 1 N–H and O–H groups in total. The summed E-state index contributed by atoms with van der Waals surface area (Å²) in [6.07, 6.45) is 1.84. The van der Waals surface area contributed by atoms with Gasteiger partial charge in [0.25, 0.3) is 0 Å². The number of aryl methyl sites for hydroxylation is 1. The molecule has 25 heavy (non-hydrogen) atoms. The molecule has 1 aliphatic heterocycles. The normalized spacial score (nSPS) is 14.9. The second kappa shape index (κ2) is 8.11. The summed E-state index contributed by atoms with van der Waals surface area (Å²) in [6.45, 7) is 7.52. The smallest absolute Gasteiger partial charge is 0.227 e. The number of likely N-dealkylation sites (N-methyl/N-ethyl adjacent to an activating group) is 1. The number of anilines is 3. The van der Waals surface area contributed by atoms with Gasteiger partial charge in [-0.1, -0.05) is 6.07 Å². The molecule has 1 aliphatic rings. The largest absolute Gasteiger partial charge is 0.369 e. The Morgan fingerprint density at radius 2 is 1.84 bits per heavy atom. The topological polar surface area (TPSA) is 60.4 Å². The van der Waals surface area contributed by atoms with Crippen LogP contribution < -0.4 is 15.1 Å². The molecule has 0 spiro atoms. The van der Waals surface area contributed by atoms with Crippen molar-refractivity contribution in [3.63, 3.8) is 0 Å². The monoisotopic (exact) mass is 341 g/mol. The first kappa shape index (κ1) is 17.4. The molecule has 0 atom stereocenters. The van der Waals surface area contributed by atoms with E-state index in [2.05, 4.69) is 50.1 Å². The van der Waals surface area contributed by atoms with Gasteiger partial charge in [0, 0.05) is 57.2 Å². The van der Waals surface area contributed by atoms with E-state index in [4.69, 9.17) is 4.98 Å². The Kier molecular flexibility index (Phi) is 5.65. The van der Waals surface area contributed by atoms with Crippen LogP contribution in [0.15, 0.2) is 30.5 Å². The van der Waals surface area contributed by atoms with Crippen LogP contribution in [0.5, 0.6) is 0 Å². The van der Waals surface area contributed by atoms with Crippen LogP contribution >= 0.6 is 0 Å². The number of pyridine rings is 1. The highest BCUT2D eigenvalue weighted by Crippen LogP contribution is 2.18. The molecule has 0 aromatic carbocycles. The van der Waals surface area contributed by atoms with Gasteiger partial charge in [-0.2, -0.15) is 4.98 Å². The Labute approximate surface area is 149 Å². The standard InChI is InChI=1S/C18H27N7/c1-15-14-16(19-8-9-23(2)3)22-18(21-15)25-12-10-24(11-13-25)17-6-4-5-7-20-17/h4-7,14H,8-13H2,1-3H3,(H,19,21,22). The molecule has 1 saturated heterocycles. The van der Waals surface area contributed by atoms with Crippen molar-refractivity contribution >= 4 is 17.6 Å². The van der Waals surface area contributed by atoms with Gasteiger partial charge < -0.3 is 20.0 Å². The van der Waals surface area contributed by atoms with E-state index in [1.807, 2.05) is 31.3 Å². The highest BCUT2D eigenvalue weighted by Gasteiger charge is 2.20. The molecule has 2 aromatic heterocycles. The Balaban J connectivity index is 1.61. The van der Waals surface area contributed by atoms with Gasteiger partial charge in [-0.15, -0.1) is 0 Å². The third-order valence-corrected chi connectivity index (χ3v) is 4.24. The van der Waals surface area contributed by atoms with Crippen molar-refractivity contribution in [2.75, 3.05) is 68.5 Å². The molecule has 3 heterocycles. The average Bonchev–Trinajstić information content (AvgIpc) is 2.62. The van der Waals surface area contributed by atoms with Gasteiger partial charge in [0.1, 0.15) is 11.6 Å². The number of rotatable bonds is 6. The maximum absolute atomic E-state index is 4.70. The summed E-state index contributed by atoms with van der Waals surface area (Å²) >= 11 is 0. The van der Waals surface area contributed by atoms with Gasteiger partial charge in [0.15, 0.2) is 0 Å². The molecular formula is C18H27N7. The molecule has 3 rings (SSSR count). The first-order valence-corrected chi connectivity index (χ1v) is 8.77. The Bertz CT molecular complexity index is 666. The molecule has 0 unspecified atom stereocenters. The third-order valence-electron chi connectivity index (χ3n) is 4.24. The van der Waals surface area contributed by atoms with Crippen LogP contribution in [-0.2, 0) is 0 Å². The van der Waals surface area contributed by atoms with Gasteiger partial charge >= 0.3 is 0 Å². The predicted octanol–water partition coefficient (Wildman–Crippen LogP) is 1.48. The van der Waals surface area contributed by atoms with E-state index >= 15 is 0 Å². The predicted molar refractivity (Wildman–Crippen MR) is 102 cm³/mol. The van der Waals surface area contributed by atoms with Crippen molar-refractivity contribution in [2.24, 2.45) is 0 Å². The number of nitrogens with one attached hydrogen (secondary N) is 1. The number of nitrogens with zero attached hydrogens (tertiary/aromatic N) is 6. The van der Waals surface area contributed by atoms with Crippen LogP contribution in [0, 0.1) is 6.92 Å². The van der Waals surface area contributed by atoms with Gasteiger partial charge in [-0.05, 0) is 33.2 Å². The molecule has 0 radical (unpaired) electrons.